The fourth-order valence-electron chi connectivity index (χ4n) is 1.66. The molecule has 1 heterocycles. The van der Waals surface area contributed by atoms with E-state index in [-0.39, 0.29) is 11.9 Å². The highest BCUT2D eigenvalue weighted by Crippen LogP contribution is 2.20. The smallest absolute Gasteiger partial charge is 0.325 e. The number of thiazole rings is 1. The zero-order valence-electron chi connectivity index (χ0n) is 11.8. The molecule has 0 radical (unpaired) electrons. The fraction of sp³-hybridized carbons (Fsp3) is 0.214. The summed E-state index contributed by atoms with van der Waals surface area (Å²) in [6, 6.07) is 4.95. The molecule has 1 aromatic heterocycles. The van der Waals surface area contributed by atoms with Crippen LogP contribution in [0.2, 0.25) is 0 Å². The van der Waals surface area contributed by atoms with Gasteiger partial charge in [-0.3, -0.25) is 10.1 Å². The molecule has 0 unspecified atom stereocenters. The van der Waals surface area contributed by atoms with E-state index in [2.05, 4.69) is 20.9 Å². The van der Waals surface area contributed by atoms with Gasteiger partial charge in [0.1, 0.15) is 0 Å². The lowest BCUT2D eigenvalue weighted by Crippen LogP contribution is -2.19. The Morgan fingerprint density at radius 3 is 2.67 bits per heavy atom. The highest BCUT2D eigenvalue weighted by molar-refractivity contribution is 7.13. The molecule has 0 bridgehead atoms. The van der Waals surface area contributed by atoms with Crippen molar-refractivity contribution in [2.75, 3.05) is 16.0 Å². The molecule has 0 aliphatic rings. The van der Waals surface area contributed by atoms with E-state index >= 15 is 0 Å². The highest BCUT2D eigenvalue weighted by atomic mass is 32.1. The van der Waals surface area contributed by atoms with Crippen LogP contribution in [0.25, 0.3) is 0 Å². The second kappa shape index (κ2) is 6.85. The Hall–Kier alpha value is -2.41. The van der Waals surface area contributed by atoms with Crippen LogP contribution in [0.4, 0.5) is 21.3 Å². The first-order valence-corrected chi connectivity index (χ1v) is 7.34. The number of rotatable bonds is 4. The molecular formula is C14H16N4O2S. The van der Waals surface area contributed by atoms with E-state index < -0.39 is 0 Å². The zero-order chi connectivity index (χ0) is 15.2. The zero-order valence-corrected chi connectivity index (χ0v) is 12.6. The molecule has 0 saturated carbocycles. The number of nitrogens with one attached hydrogen (secondary N) is 3. The van der Waals surface area contributed by atoms with E-state index in [1.807, 2.05) is 6.92 Å². The molecule has 110 valence electrons. The van der Waals surface area contributed by atoms with Crippen LogP contribution in [0.15, 0.2) is 29.8 Å². The number of benzene rings is 1. The summed E-state index contributed by atoms with van der Waals surface area (Å²) < 4.78 is 0. The molecule has 1 aromatic carbocycles. The molecule has 2 aromatic rings. The molecule has 3 amide bonds. The predicted octanol–water partition coefficient (Wildman–Crippen LogP) is 3.44. The lowest BCUT2D eigenvalue weighted by Gasteiger charge is -2.10. The lowest BCUT2D eigenvalue weighted by molar-refractivity contribution is -0.115. The van der Waals surface area contributed by atoms with Crippen molar-refractivity contribution >= 4 is 39.8 Å². The maximum Gasteiger partial charge on any atom is 0.325 e. The third kappa shape index (κ3) is 4.28. The Labute approximate surface area is 126 Å². The minimum Gasteiger partial charge on any atom is -0.326 e. The maximum absolute atomic E-state index is 11.8. The second-order valence-electron chi connectivity index (χ2n) is 4.35. The first-order valence-electron chi connectivity index (χ1n) is 6.46. The Balaban J connectivity index is 1.99. The van der Waals surface area contributed by atoms with Gasteiger partial charge in [-0.15, -0.1) is 11.3 Å². The Kier molecular flexibility index (Phi) is 4.89. The molecule has 0 spiro atoms. The van der Waals surface area contributed by atoms with Gasteiger partial charge in [-0.25, -0.2) is 9.78 Å². The van der Waals surface area contributed by atoms with Crippen molar-refractivity contribution in [1.82, 2.24) is 4.98 Å². The van der Waals surface area contributed by atoms with E-state index in [9.17, 15) is 9.59 Å². The van der Waals surface area contributed by atoms with Gasteiger partial charge < -0.3 is 10.6 Å². The van der Waals surface area contributed by atoms with Crippen LogP contribution in [-0.2, 0) is 4.79 Å². The van der Waals surface area contributed by atoms with Gasteiger partial charge in [-0.2, -0.15) is 0 Å². The van der Waals surface area contributed by atoms with E-state index in [0.717, 1.165) is 11.3 Å². The largest absolute Gasteiger partial charge is 0.326 e. The van der Waals surface area contributed by atoms with E-state index in [1.165, 1.54) is 11.3 Å². The number of carbonyl (C=O) groups excluding carboxylic acids is 2. The standard InChI is InChI=1S/C14H16N4O2S/c1-3-12(19)17-11-5-4-10(8-9(11)2)16-13(20)18-14-15-6-7-21-14/h4-8H,3H2,1-2H3,(H,17,19)(H2,15,16,18,20). The highest BCUT2D eigenvalue weighted by Gasteiger charge is 2.07. The topological polar surface area (TPSA) is 83.1 Å². The minimum atomic E-state index is -0.352. The minimum absolute atomic E-state index is 0.0414. The van der Waals surface area contributed by atoms with Crippen molar-refractivity contribution in [3.05, 3.63) is 35.3 Å². The fourth-order valence-corrected chi connectivity index (χ4v) is 2.19. The molecule has 7 heteroatoms. The van der Waals surface area contributed by atoms with Gasteiger partial charge >= 0.3 is 6.03 Å². The van der Waals surface area contributed by atoms with Gasteiger partial charge in [0.2, 0.25) is 5.91 Å². The summed E-state index contributed by atoms with van der Waals surface area (Å²) in [5, 5.41) is 10.5. The molecule has 21 heavy (non-hydrogen) atoms. The summed E-state index contributed by atoms with van der Waals surface area (Å²) in [6.45, 7) is 3.67. The van der Waals surface area contributed by atoms with Crippen LogP contribution in [0.3, 0.4) is 0 Å². The number of hydrogen-bond acceptors (Lipinski definition) is 4. The van der Waals surface area contributed by atoms with E-state index in [4.69, 9.17) is 0 Å². The van der Waals surface area contributed by atoms with Crippen LogP contribution < -0.4 is 16.0 Å². The van der Waals surface area contributed by atoms with Crippen molar-refractivity contribution in [3.8, 4) is 0 Å². The maximum atomic E-state index is 11.8. The molecule has 6 nitrogen and oxygen atoms in total. The van der Waals surface area contributed by atoms with Gasteiger partial charge in [0.25, 0.3) is 0 Å². The molecule has 0 fully saturated rings. The van der Waals surface area contributed by atoms with Gasteiger partial charge in [-0.1, -0.05) is 6.92 Å². The summed E-state index contributed by atoms with van der Waals surface area (Å²) in [6.07, 6.45) is 2.05. The summed E-state index contributed by atoms with van der Waals surface area (Å²) in [5.41, 5.74) is 2.27. The molecule has 0 saturated heterocycles. The van der Waals surface area contributed by atoms with Crippen LogP contribution in [0.5, 0.6) is 0 Å². The summed E-state index contributed by atoms with van der Waals surface area (Å²) in [5.74, 6) is -0.0414. The second-order valence-corrected chi connectivity index (χ2v) is 5.24. The number of hydrogen-bond donors (Lipinski definition) is 3. The van der Waals surface area contributed by atoms with Gasteiger partial charge in [0.15, 0.2) is 5.13 Å². The number of urea groups is 1. The third-order valence-electron chi connectivity index (χ3n) is 2.73. The predicted molar refractivity (Wildman–Crippen MR) is 84.9 cm³/mol. The molecule has 0 aliphatic heterocycles. The Morgan fingerprint density at radius 1 is 1.24 bits per heavy atom. The lowest BCUT2D eigenvalue weighted by atomic mass is 10.1. The van der Waals surface area contributed by atoms with Gasteiger partial charge in [0, 0.05) is 29.4 Å². The summed E-state index contributed by atoms with van der Waals surface area (Å²) in [4.78, 5) is 27.1. The van der Waals surface area contributed by atoms with Crippen LogP contribution >= 0.6 is 11.3 Å². The molecular weight excluding hydrogens is 288 g/mol. The van der Waals surface area contributed by atoms with Crippen molar-refractivity contribution in [1.29, 1.82) is 0 Å². The van der Waals surface area contributed by atoms with Crippen molar-refractivity contribution in [2.24, 2.45) is 0 Å². The summed E-state index contributed by atoms with van der Waals surface area (Å²) >= 11 is 1.35. The summed E-state index contributed by atoms with van der Waals surface area (Å²) in [7, 11) is 0. The van der Waals surface area contributed by atoms with Crippen LogP contribution in [0, 0.1) is 6.92 Å². The SMILES string of the molecule is CCC(=O)Nc1ccc(NC(=O)Nc2nccs2)cc1C. The number of aryl methyl sites for hydroxylation is 1. The Morgan fingerprint density at radius 2 is 2.05 bits per heavy atom. The molecule has 0 atom stereocenters. The normalized spacial score (nSPS) is 10.0. The monoisotopic (exact) mass is 304 g/mol. The Bertz CT molecular complexity index is 640. The number of carbonyl (C=O) groups is 2. The number of nitrogens with zero attached hydrogens (tertiary/aromatic N) is 1. The average molecular weight is 304 g/mol. The van der Waals surface area contributed by atoms with E-state index in [1.54, 1.807) is 36.7 Å². The van der Waals surface area contributed by atoms with Crippen molar-refractivity contribution in [2.45, 2.75) is 20.3 Å². The number of aromatic nitrogens is 1. The third-order valence-corrected chi connectivity index (χ3v) is 3.42. The van der Waals surface area contributed by atoms with Crippen LogP contribution in [-0.4, -0.2) is 16.9 Å². The average Bonchev–Trinajstić information content (AvgIpc) is 2.94. The van der Waals surface area contributed by atoms with Gasteiger partial charge in [-0.05, 0) is 30.7 Å². The van der Waals surface area contributed by atoms with E-state index in [0.29, 0.717) is 17.2 Å². The first-order chi connectivity index (χ1) is 10.1. The van der Waals surface area contributed by atoms with Crippen molar-refractivity contribution in [3.63, 3.8) is 0 Å². The molecule has 0 aliphatic carbocycles. The van der Waals surface area contributed by atoms with Gasteiger partial charge in [0.05, 0.1) is 0 Å². The first kappa shape index (κ1) is 15.0. The van der Waals surface area contributed by atoms with Crippen molar-refractivity contribution < 1.29 is 9.59 Å². The van der Waals surface area contributed by atoms with Crippen LogP contribution in [0.1, 0.15) is 18.9 Å². The quantitative estimate of drug-likeness (QED) is 0.809. The molecule has 3 N–H and O–H groups in total. The number of amides is 3. The molecule has 2 rings (SSSR count). The number of anilines is 3.